The maximum atomic E-state index is 12.7. The predicted octanol–water partition coefficient (Wildman–Crippen LogP) is 2.83. The highest BCUT2D eigenvalue weighted by Crippen LogP contribution is 2.41. The second-order valence-electron chi connectivity index (χ2n) is 6.38. The number of aromatic nitrogens is 3. The third-order valence-corrected chi connectivity index (χ3v) is 5.47. The maximum Gasteiger partial charge on any atom is 0.273 e. The maximum absolute atomic E-state index is 12.7. The van der Waals surface area contributed by atoms with Gasteiger partial charge in [-0.2, -0.15) is 5.10 Å². The first-order valence-electron chi connectivity index (χ1n) is 7.96. The Labute approximate surface area is 134 Å². The molecule has 2 aromatic heterocycles. The molecular formula is C16H20N4OS. The third kappa shape index (κ3) is 2.67. The summed E-state index contributed by atoms with van der Waals surface area (Å²) in [6.45, 7) is 3.65. The predicted molar refractivity (Wildman–Crippen MR) is 85.1 cm³/mol. The molecule has 2 aliphatic rings. The zero-order valence-electron chi connectivity index (χ0n) is 12.7. The van der Waals surface area contributed by atoms with E-state index in [9.17, 15) is 4.79 Å². The van der Waals surface area contributed by atoms with Gasteiger partial charge in [0.25, 0.3) is 5.91 Å². The van der Waals surface area contributed by atoms with Gasteiger partial charge < -0.3 is 4.90 Å². The normalized spacial score (nSPS) is 21.5. The lowest BCUT2D eigenvalue weighted by Crippen LogP contribution is -2.38. The van der Waals surface area contributed by atoms with Gasteiger partial charge in [-0.1, -0.05) is 0 Å². The van der Waals surface area contributed by atoms with Crippen LogP contribution >= 0.6 is 11.3 Å². The van der Waals surface area contributed by atoms with Crippen molar-refractivity contribution in [3.63, 3.8) is 0 Å². The summed E-state index contributed by atoms with van der Waals surface area (Å²) in [4.78, 5) is 19.3. The van der Waals surface area contributed by atoms with Gasteiger partial charge in [0, 0.05) is 24.0 Å². The molecule has 1 saturated heterocycles. The number of likely N-dealkylation sites (tertiary alicyclic amines) is 1. The largest absolute Gasteiger partial charge is 0.332 e. The molecular weight excluding hydrogens is 296 g/mol. The summed E-state index contributed by atoms with van der Waals surface area (Å²) in [6.07, 6.45) is 8.47. The van der Waals surface area contributed by atoms with Gasteiger partial charge in [-0.25, -0.2) is 4.98 Å². The Morgan fingerprint density at radius 1 is 1.41 bits per heavy atom. The van der Waals surface area contributed by atoms with Gasteiger partial charge in [0.1, 0.15) is 5.69 Å². The van der Waals surface area contributed by atoms with Crippen LogP contribution in [0.25, 0.3) is 0 Å². The zero-order chi connectivity index (χ0) is 15.1. The van der Waals surface area contributed by atoms with Crippen molar-refractivity contribution in [3.05, 3.63) is 34.0 Å². The van der Waals surface area contributed by atoms with E-state index in [4.69, 9.17) is 0 Å². The second kappa shape index (κ2) is 5.50. The van der Waals surface area contributed by atoms with Crippen LogP contribution in [0.15, 0.2) is 17.8 Å². The quantitative estimate of drug-likeness (QED) is 0.871. The number of hydrogen-bond acceptors (Lipinski definition) is 4. The van der Waals surface area contributed by atoms with Gasteiger partial charge in [-0.05, 0) is 38.2 Å². The lowest BCUT2D eigenvalue weighted by atomic mass is 10.2. The fraction of sp³-hybridized carbons (Fsp3) is 0.562. The minimum Gasteiger partial charge on any atom is -0.332 e. The van der Waals surface area contributed by atoms with Crippen LogP contribution in [0.4, 0.5) is 0 Å². The molecule has 1 unspecified atom stereocenters. The summed E-state index contributed by atoms with van der Waals surface area (Å²) < 4.78 is 1.95. The molecule has 4 rings (SSSR count). The summed E-state index contributed by atoms with van der Waals surface area (Å²) in [5.41, 5.74) is 1.79. The number of aryl methyl sites for hydroxylation is 1. The van der Waals surface area contributed by atoms with Crippen LogP contribution in [0.1, 0.15) is 52.7 Å². The number of hydrogen-bond donors (Lipinski definition) is 0. The van der Waals surface area contributed by atoms with Crippen LogP contribution in [0.3, 0.4) is 0 Å². The molecule has 0 radical (unpaired) electrons. The van der Waals surface area contributed by atoms with Crippen LogP contribution < -0.4 is 0 Å². The van der Waals surface area contributed by atoms with Gasteiger partial charge in [0.15, 0.2) is 0 Å². The molecule has 1 aliphatic heterocycles. The van der Waals surface area contributed by atoms with Crippen LogP contribution in [-0.4, -0.2) is 38.2 Å². The van der Waals surface area contributed by atoms with E-state index in [2.05, 4.69) is 10.1 Å². The van der Waals surface area contributed by atoms with E-state index in [1.54, 1.807) is 11.3 Å². The van der Waals surface area contributed by atoms with E-state index in [0.29, 0.717) is 11.6 Å². The number of nitrogens with zero attached hydrogens (tertiary/aromatic N) is 4. The molecule has 2 aromatic rings. The first kappa shape index (κ1) is 13.9. The third-order valence-electron chi connectivity index (χ3n) is 4.47. The van der Waals surface area contributed by atoms with E-state index in [0.717, 1.165) is 36.5 Å². The van der Waals surface area contributed by atoms with Gasteiger partial charge in [-0.15, -0.1) is 11.3 Å². The Morgan fingerprint density at radius 2 is 2.27 bits per heavy atom. The molecule has 116 valence electrons. The molecule has 6 heteroatoms. The van der Waals surface area contributed by atoms with Crippen molar-refractivity contribution in [2.45, 2.75) is 51.1 Å². The smallest absolute Gasteiger partial charge is 0.273 e. The molecule has 1 amide bonds. The summed E-state index contributed by atoms with van der Waals surface area (Å²) >= 11 is 1.64. The standard InChI is InChI=1S/C16H20N4OS/c1-11-7-17-19(8-11)9-13-3-2-6-20(13)16(21)14-10-22-15(18-14)12-4-5-12/h7-8,10,12-13H,2-6,9H2,1H3. The molecule has 1 saturated carbocycles. The van der Waals surface area contributed by atoms with Crippen LogP contribution in [0.5, 0.6) is 0 Å². The van der Waals surface area contributed by atoms with E-state index in [1.165, 1.54) is 12.8 Å². The molecule has 0 aromatic carbocycles. The Bertz CT molecular complexity index is 688. The highest BCUT2D eigenvalue weighted by Gasteiger charge is 2.32. The Morgan fingerprint density at radius 3 is 3.00 bits per heavy atom. The SMILES string of the molecule is Cc1cnn(CC2CCCN2C(=O)c2csc(C3CC3)n2)c1. The van der Waals surface area contributed by atoms with Crippen molar-refractivity contribution in [3.8, 4) is 0 Å². The Balaban J connectivity index is 1.48. The highest BCUT2D eigenvalue weighted by atomic mass is 32.1. The molecule has 2 fully saturated rings. The van der Waals surface area contributed by atoms with Crippen molar-refractivity contribution in [2.75, 3.05) is 6.54 Å². The average molecular weight is 316 g/mol. The molecule has 1 aliphatic carbocycles. The van der Waals surface area contributed by atoms with Crippen molar-refractivity contribution >= 4 is 17.2 Å². The first-order valence-corrected chi connectivity index (χ1v) is 8.84. The fourth-order valence-electron chi connectivity index (χ4n) is 3.13. The van der Waals surface area contributed by atoms with Gasteiger partial charge in [-0.3, -0.25) is 9.48 Å². The van der Waals surface area contributed by atoms with Crippen molar-refractivity contribution in [2.24, 2.45) is 0 Å². The van der Waals surface area contributed by atoms with Crippen molar-refractivity contribution in [1.29, 1.82) is 0 Å². The van der Waals surface area contributed by atoms with Gasteiger partial charge >= 0.3 is 0 Å². The van der Waals surface area contributed by atoms with Crippen LogP contribution in [-0.2, 0) is 6.54 Å². The zero-order valence-corrected chi connectivity index (χ0v) is 13.6. The Hall–Kier alpha value is -1.69. The second-order valence-corrected chi connectivity index (χ2v) is 7.27. The molecule has 0 bridgehead atoms. The van der Waals surface area contributed by atoms with E-state index in [-0.39, 0.29) is 11.9 Å². The molecule has 1 atom stereocenters. The van der Waals surface area contributed by atoms with E-state index >= 15 is 0 Å². The molecule has 0 spiro atoms. The minimum atomic E-state index is 0.0922. The Kier molecular flexibility index (Phi) is 3.48. The van der Waals surface area contributed by atoms with Crippen LogP contribution in [0.2, 0.25) is 0 Å². The van der Waals surface area contributed by atoms with Crippen molar-refractivity contribution < 1.29 is 4.79 Å². The van der Waals surface area contributed by atoms with Crippen molar-refractivity contribution in [1.82, 2.24) is 19.7 Å². The summed E-state index contributed by atoms with van der Waals surface area (Å²) in [7, 11) is 0. The van der Waals surface area contributed by atoms with Crippen LogP contribution in [0, 0.1) is 6.92 Å². The molecule has 5 nitrogen and oxygen atoms in total. The lowest BCUT2D eigenvalue weighted by molar-refractivity contribution is 0.0716. The lowest BCUT2D eigenvalue weighted by Gasteiger charge is -2.23. The monoisotopic (exact) mass is 316 g/mol. The summed E-state index contributed by atoms with van der Waals surface area (Å²) in [5.74, 6) is 0.711. The summed E-state index contributed by atoms with van der Waals surface area (Å²) in [5, 5.41) is 7.42. The number of carbonyl (C=O) groups excluding carboxylic acids is 1. The fourth-order valence-corrected chi connectivity index (χ4v) is 4.09. The minimum absolute atomic E-state index is 0.0922. The van der Waals surface area contributed by atoms with Gasteiger partial charge in [0.2, 0.25) is 0 Å². The van der Waals surface area contributed by atoms with E-state index < -0.39 is 0 Å². The molecule has 22 heavy (non-hydrogen) atoms. The molecule has 3 heterocycles. The topological polar surface area (TPSA) is 51.0 Å². The summed E-state index contributed by atoms with van der Waals surface area (Å²) in [6, 6.07) is 0.234. The number of amides is 1. The number of rotatable bonds is 4. The van der Waals surface area contributed by atoms with E-state index in [1.807, 2.05) is 34.3 Å². The first-order chi connectivity index (χ1) is 10.7. The van der Waals surface area contributed by atoms with Gasteiger partial charge in [0.05, 0.1) is 23.8 Å². The highest BCUT2D eigenvalue weighted by molar-refractivity contribution is 7.10. The number of carbonyl (C=O) groups is 1. The number of thiazole rings is 1. The average Bonchev–Trinajstić information content (AvgIpc) is 2.92. The molecule has 0 N–H and O–H groups in total.